The Bertz CT molecular complexity index is 283. The van der Waals surface area contributed by atoms with Gasteiger partial charge in [0.2, 0.25) is 0 Å². The van der Waals surface area contributed by atoms with Gasteiger partial charge in [0, 0.05) is 17.3 Å². The molecular weight excluding hydrogens is 216 g/mol. The number of aryl methyl sites for hydroxylation is 1. The van der Waals surface area contributed by atoms with E-state index in [0.29, 0.717) is 0 Å². The molecule has 0 fully saturated rings. The van der Waals surface area contributed by atoms with Crippen molar-refractivity contribution in [1.29, 1.82) is 0 Å². The average molecular weight is 227 g/mol. The van der Waals surface area contributed by atoms with Gasteiger partial charge in [0.05, 0.1) is 6.61 Å². The van der Waals surface area contributed by atoms with Gasteiger partial charge in [0.25, 0.3) is 0 Å². The molecule has 0 saturated carbocycles. The SMILES string of the molecule is BrCCc1cccc2c1CCO2. The molecule has 0 amide bonds. The number of benzene rings is 1. The quantitative estimate of drug-likeness (QED) is 0.705. The number of hydrogen-bond donors (Lipinski definition) is 0. The van der Waals surface area contributed by atoms with Gasteiger partial charge in [-0.2, -0.15) is 0 Å². The molecule has 0 unspecified atom stereocenters. The minimum Gasteiger partial charge on any atom is -0.493 e. The Morgan fingerprint density at radius 1 is 1.42 bits per heavy atom. The van der Waals surface area contributed by atoms with Crippen LogP contribution in [0, 0.1) is 0 Å². The zero-order valence-corrected chi connectivity index (χ0v) is 8.43. The Kier molecular flexibility index (Phi) is 2.35. The summed E-state index contributed by atoms with van der Waals surface area (Å²) in [6, 6.07) is 6.32. The van der Waals surface area contributed by atoms with E-state index >= 15 is 0 Å². The molecule has 0 aromatic heterocycles. The summed E-state index contributed by atoms with van der Waals surface area (Å²) in [6.07, 6.45) is 2.19. The molecule has 1 aliphatic heterocycles. The van der Waals surface area contributed by atoms with Gasteiger partial charge >= 0.3 is 0 Å². The van der Waals surface area contributed by atoms with Gasteiger partial charge in [-0.3, -0.25) is 0 Å². The summed E-state index contributed by atoms with van der Waals surface area (Å²) < 4.78 is 5.47. The lowest BCUT2D eigenvalue weighted by Gasteiger charge is -2.03. The molecule has 0 atom stereocenters. The van der Waals surface area contributed by atoms with E-state index in [-0.39, 0.29) is 0 Å². The fourth-order valence-electron chi connectivity index (χ4n) is 1.63. The Morgan fingerprint density at radius 2 is 2.33 bits per heavy atom. The summed E-state index contributed by atoms with van der Waals surface area (Å²) in [6.45, 7) is 0.856. The highest BCUT2D eigenvalue weighted by molar-refractivity contribution is 9.09. The molecule has 1 aromatic rings. The smallest absolute Gasteiger partial charge is 0.122 e. The van der Waals surface area contributed by atoms with Crippen LogP contribution in [0.1, 0.15) is 11.1 Å². The first-order valence-corrected chi connectivity index (χ1v) is 5.33. The van der Waals surface area contributed by atoms with Crippen LogP contribution in [-0.2, 0) is 12.8 Å². The van der Waals surface area contributed by atoms with Crippen molar-refractivity contribution in [3.05, 3.63) is 29.3 Å². The van der Waals surface area contributed by atoms with Gasteiger partial charge in [0.1, 0.15) is 5.75 Å². The maximum Gasteiger partial charge on any atom is 0.122 e. The Hall–Kier alpha value is -0.500. The molecule has 1 aliphatic rings. The monoisotopic (exact) mass is 226 g/mol. The van der Waals surface area contributed by atoms with Crippen LogP contribution in [0.15, 0.2) is 18.2 Å². The number of fused-ring (bicyclic) bond motifs is 1. The lowest BCUT2D eigenvalue weighted by molar-refractivity contribution is 0.357. The molecule has 1 nitrogen and oxygen atoms in total. The summed E-state index contributed by atoms with van der Waals surface area (Å²) in [5, 5.41) is 1.03. The minimum absolute atomic E-state index is 0.856. The lowest BCUT2D eigenvalue weighted by Crippen LogP contribution is -1.91. The molecule has 0 saturated heterocycles. The lowest BCUT2D eigenvalue weighted by atomic mass is 10.0. The van der Waals surface area contributed by atoms with E-state index in [2.05, 4.69) is 34.1 Å². The zero-order chi connectivity index (χ0) is 8.39. The second-order valence-electron chi connectivity index (χ2n) is 2.93. The van der Waals surface area contributed by atoms with Crippen molar-refractivity contribution in [3.8, 4) is 5.75 Å². The molecule has 0 N–H and O–H groups in total. The second-order valence-corrected chi connectivity index (χ2v) is 3.72. The number of alkyl halides is 1. The summed E-state index contributed by atoms with van der Waals surface area (Å²) >= 11 is 3.45. The highest BCUT2D eigenvalue weighted by atomic mass is 79.9. The maximum atomic E-state index is 5.47. The molecule has 2 rings (SSSR count). The highest BCUT2D eigenvalue weighted by Crippen LogP contribution is 2.28. The van der Waals surface area contributed by atoms with E-state index in [1.165, 1.54) is 11.1 Å². The van der Waals surface area contributed by atoms with E-state index in [0.717, 1.165) is 30.5 Å². The van der Waals surface area contributed by atoms with Crippen molar-refractivity contribution in [2.75, 3.05) is 11.9 Å². The van der Waals surface area contributed by atoms with Crippen molar-refractivity contribution in [3.63, 3.8) is 0 Å². The Morgan fingerprint density at radius 3 is 3.17 bits per heavy atom. The Balaban J connectivity index is 2.36. The van der Waals surface area contributed by atoms with Gasteiger partial charge in [0.15, 0.2) is 0 Å². The van der Waals surface area contributed by atoms with Gasteiger partial charge in [-0.05, 0) is 18.1 Å². The topological polar surface area (TPSA) is 9.23 Å². The normalized spacial score (nSPS) is 14.1. The first-order valence-electron chi connectivity index (χ1n) is 4.21. The summed E-state index contributed by atoms with van der Waals surface area (Å²) in [7, 11) is 0. The number of ether oxygens (including phenoxy) is 1. The molecule has 0 bridgehead atoms. The maximum absolute atomic E-state index is 5.47. The predicted octanol–water partition coefficient (Wildman–Crippen LogP) is 2.56. The van der Waals surface area contributed by atoms with Crippen LogP contribution in [0.3, 0.4) is 0 Å². The molecule has 12 heavy (non-hydrogen) atoms. The van der Waals surface area contributed by atoms with E-state index < -0.39 is 0 Å². The number of rotatable bonds is 2. The number of halogens is 1. The molecule has 2 heteroatoms. The molecule has 0 aliphatic carbocycles. The van der Waals surface area contributed by atoms with Crippen LogP contribution in [0.2, 0.25) is 0 Å². The minimum atomic E-state index is 0.856. The average Bonchev–Trinajstić information content (AvgIpc) is 2.53. The van der Waals surface area contributed by atoms with E-state index in [1.54, 1.807) is 0 Å². The van der Waals surface area contributed by atoms with E-state index in [4.69, 9.17) is 4.74 Å². The van der Waals surface area contributed by atoms with Crippen LogP contribution < -0.4 is 4.74 Å². The van der Waals surface area contributed by atoms with Crippen molar-refractivity contribution in [2.24, 2.45) is 0 Å². The first-order chi connectivity index (χ1) is 5.92. The summed E-state index contributed by atoms with van der Waals surface area (Å²) in [5.41, 5.74) is 2.85. The van der Waals surface area contributed by atoms with E-state index in [1.807, 2.05) is 0 Å². The largest absolute Gasteiger partial charge is 0.493 e. The van der Waals surface area contributed by atoms with Crippen LogP contribution >= 0.6 is 15.9 Å². The van der Waals surface area contributed by atoms with E-state index in [9.17, 15) is 0 Å². The zero-order valence-electron chi connectivity index (χ0n) is 6.85. The molecule has 1 aromatic carbocycles. The second kappa shape index (κ2) is 3.48. The molecule has 0 spiro atoms. The number of hydrogen-bond acceptors (Lipinski definition) is 1. The first kappa shape index (κ1) is 8.11. The van der Waals surface area contributed by atoms with Gasteiger partial charge in [-0.25, -0.2) is 0 Å². The van der Waals surface area contributed by atoms with Crippen molar-refractivity contribution in [2.45, 2.75) is 12.8 Å². The highest BCUT2D eigenvalue weighted by Gasteiger charge is 2.14. The van der Waals surface area contributed by atoms with Crippen molar-refractivity contribution in [1.82, 2.24) is 0 Å². The third kappa shape index (κ3) is 1.36. The van der Waals surface area contributed by atoms with Crippen molar-refractivity contribution >= 4 is 15.9 Å². The molecular formula is C10H11BrO. The summed E-state index contributed by atoms with van der Waals surface area (Å²) in [5.74, 6) is 1.09. The summed E-state index contributed by atoms with van der Waals surface area (Å²) in [4.78, 5) is 0. The third-order valence-electron chi connectivity index (χ3n) is 2.20. The molecule has 1 heterocycles. The van der Waals surface area contributed by atoms with Gasteiger partial charge < -0.3 is 4.74 Å². The molecule has 64 valence electrons. The predicted molar refractivity (Wildman–Crippen MR) is 53.1 cm³/mol. The third-order valence-corrected chi connectivity index (χ3v) is 2.60. The fraction of sp³-hybridized carbons (Fsp3) is 0.400. The standard InChI is InChI=1S/C10H11BrO/c11-6-4-8-2-1-3-10-9(8)5-7-12-10/h1-3H,4-7H2. The van der Waals surface area contributed by atoms with Crippen LogP contribution in [0.25, 0.3) is 0 Å². The van der Waals surface area contributed by atoms with Crippen LogP contribution in [0.4, 0.5) is 0 Å². The molecule has 0 radical (unpaired) electrons. The van der Waals surface area contributed by atoms with Crippen LogP contribution in [-0.4, -0.2) is 11.9 Å². The van der Waals surface area contributed by atoms with Crippen LogP contribution in [0.5, 0.6) is 5.75 Å². The van der Waals surface area contributed by atoms with Crippen molar-refractivity contribution < 1.29 is 4.74 Å². The Labute approximate surface area is 80.9 Å². The van der Waals surface area contributed by atoms with Gasteiger partial charge in [-0.15, -0.1) is 0 Å². The fourth-order valence-corrected chi connectivity index (χ4v) is 2.06. The van der Waals surface area contributed by atoms with Gasteiger partial charge in [-0.1, -0.05) is 28.1 Å².